The molecule has 0 N–H and O–H groups in total. The van der Waals surface area contributed by atoms with E-state index >= 15 is 0 Å². The van der Waals surface area contributed by atoms with E-state index in [1.165, 1.54) is 11.4 Å². The van der Waals surface area contributed by atoms with Crippen molar-refractivity contribution >= 4 is 16.6 Å². The maximum atomic E-state index is 6.63. The molecule has 0 fully saturated rings. The summed E-state index contributed by atoms with van der Waals surface area (Å²) in [4.78, 5) is 4.64. The molecule has 27 heavy (non-hydrogen) atoms. The minimum absolute atomic E-state index is 0.0182. The number of hydrogen-bond donors (Lipinski definition) is 0. The summed E-state index contributed by atoms with van der Waals surface area (Å²) in [7, 11) is -4.17. The van der Waals surface area contributed by atoms with Gasteiger partial charge in [-0.15, -0.1) is 13.2 Å². The van der Waals surface area contributed by atoms with Crippen molar-refractivity contribution in [1.29, 1.82) is 0 Å². The molecule has 0 aliphatic carbocycles. The molecule has 0 bridgehead atoms. The Morgan fingerprint density at radius 2 is 1.63 bits per heavy atom. The Balaban J connectivity index is 2.41. The van der Waals surface area contributed by atoms with Crippen LogP contribution in [0.3, 0.4) is 0 Å². The zero-order chi connectivity index (χ0) is 20.3. The van der Waals surface area contributed by atoms with Gasteiger partial charge in [0.1, 0.15) is 5.82 Å². The summed E-state index contributed by atoms with van der Waals surface area (Å²) < 4.78 is 6.63. The van der Waals surface area contributed by atoms with Gasteiger partial charge >= 0.3 is 0 Å². The first-order valence-electron chi connectivity index (χ1n) is 9.48. The van der Waals surface area contributed by atoms with Crippen LogP contribution in [-0.4, -0.2) is 32.0 Å². The fourth-order valence-electron chi connectivity index (χ4n) is 3.07. The summed E-state index contributed by atoms with van der Waals surface area (Å²) in [5.74, 6) is 1.18. The first-order chi connectivity index (χ1) is 12.5. The number of benzene rings is 1. The van der Waals surface area contributed by atoms with E-state index in [1.54, 1.807) is 0 Å². The third-order valence-electron chi connectivity index (χ3n) is 4.65. The summed E-state index contributed by atoms with van der Waals surface area (Å²) in [5, 5.41) is 0. The van der Waals surface area contributed by atoms with Crippen LogP contribution in [0.25, 0.3) is 0 Å². The average Bonchev–Trinajstić information content (AvgIpc) is 2.97. The lowest BCUT2D eigenvalue weighted by Crippen LogP contribution is -2.45. The van der Waals surface area contributed by atoms with Gasteiger partial charge in [-0.25, -0.2) is 0 Å². The highest BCUT2D eigenvalue weighted by Gasteiger charge is 2.36. The summed E-state index contributed by atoms with van der Waals surface area (Å²) >= 11 is 0. The van der Waals surface area contributed by atoms with Gasteiger partial charge in [-0.2, -0.15) is 0 Å². The van der Waals surface area contributed by atoms with E-state index in [9.17, 15) is 0 Å². The smallest absolute Gasteiger partial charge is 0.230 e. The van der Waals surface area contributed by atoms with Crippen LogP contribution in [0.2, 0.25) is 19.6 Å². The van der Waals surface area contributed by atoms with Gasteiger partial charge in [-0.05, 0) is 51.7 Å². The largest absolute Gasteiger partial charge is 0.446 e. The second-order valence-electron chi connectivity index (χ2n) is 8.75. The molecule has 1 aliphatic heterocycles. The summed E-state index contributed by atoms with van der Waals surface area (Å²) in [6, 6.07) is 10.6. The quantitative estimate of drug-likeness (QED) is 0.548. The van der Waals surface area contributed by atoms with Crippen molar-refractivity contribution in [3.05, 3.63) is 84.4 Å². The molecular weight excluding hydrogens is 364 g/mol. The molecule has 1 aromatic carbocycles. The monoisotopic (exact) mass is 398 g/mol. The van der Waals surface area contributed by atoms with E-state index in [4.69, 9.17) is 4.12 Å². The maximum absolute atomic E-state index is 6.63. The standard InChI is InChI=1S/C22H34N2OSi2/c1-9-26(6,7)25-27(8,10-2)19-21-23(16-17-24(21)22(3,4)5)18-20-14-12-11-13-15-20/h9-17,19H,1-2,18H2,3-8H3. The predicted octanol–water partition coefficient (Wildman–Crippen LogP) is 5.70. The normalized spacial score (nSPS) is 18.7. The molecule has 1 atom stereocenters. The van der Waals surface area contributed by atoms with Gasteiger partial charge in [-0.3, -0.25) is 0 Å². The van der Waals surface area contributed by atoms with Gasteiger partial charge in [0, 0.05) is 24.5 Å². The average molecular weight is 399 g/mol. The Morgan fingerprint density at radius 1 is 1.00 bits per heavy atom. The Hall–Kier alpha value is -1.83. The lowest BCUT2D eigenvalue weighted by atomic mass is 10.1. The lowest BCUT2D eigenvalue weighted by Gasteiger charge is -2.38. The molecule has 0 radical (unpaired) electrons. The van der Waals surface area contributed by atoms with Crippen LogP contribution in [-0.2, 0) is 10.7 Å². The topological polar surface area (TPSA) is 15.7 Å². The highest BCUT2D eigenvalue weighted by molar-refractivity contribution is 6.92. The first-order valence-corrected chi connectivity index (χ1v) is 15.0. The lowest BCUT2D eigenvalue weighted by molar-refractivity contribution is 0.224. The van der Waals surface area contributed by atoms with E-state index in [1.807, 2.05) is 11.4 Å². The van der Waals surface area contributed by atoms with Crippen molar-refractivity contribution in [2.45, 2.75) is 52.5 Å². The van der Waals surface area contributed by atoms with E-state index in [0.29, 0.717) is 0 Å². The predicted molar refractivity (Wildman–Crippen MR) is 121 cm³/mol. The Bertz CT molecular complexity index is 734. The molecular formula is C22H34N2OSi2. The molecule has 0 spiro atoms. The summed E-state index contributed by atoms with van der Waals surface area (Å²) in [6.45, 7) is 22.2. The Morgan fingerprint density at radius 3 is 2.15 bits per heavy atom. The summed E-state index contributed by atoms with van der Waals surface area (Å²) in [6.07, 6.45) is 4.33. The zero-order valence-electron chi connectivity index (χ0n) is 17.7. The van der Waals surface area contributed by atoms with Crippen molar-refractivity contribution < 1.29 is 4.12 Å². The van der Waals surface area contributed by atoms with Crippen LogP contribution in [0.4, 0.5) is 0 Å². The molecule has 0 saturated heterocycles. The zero-order valence-corrected chi connectivity index (χ0v) is 19.7. The molecule has 2 rings (SSSR count). The molecule has 5 heteroatoms. The van der Waals surface area contributed by atoms with Crippen LogP contribution in [0.1, 0.15) is 26.3 Å². The van der Waals surface area contributed by atoms with Crippen LogP contribution in [0.5, 0.6) is 0 Å². The van der Waals surface area contributed by atoms with Crippen molar-refractivity contribution in [3.8, 4) is 0 Å². The van der Waals surface area contributed by atoms with Crippen molar-refractivity contribution in [2.24, 2.45) is 0 Å². The van der Waals surface area contributed by atoms with Gasteiger partial charge in [0.25, 0.3) is 0 Å². The number of hydrogen-bond acceptors (Lipinski definition) is 3. The minimum atomic E-state index is -2.26. The fraction of sp³-hybridized carbons (Fsp3) is 0.364. The van der Waals surface area contributed by atoms with E-state index in [2.05, 4.69) is 112 Å². The van der Waals surface area contributed by atoms with Gasteiger partial charge in [0.2, 0.25) is 8.32 Å². The first kappa shape index (κ1) is 21.5. The van der Waals surface area contributed by atoms with Crippen LogP contribution in [0.15, 0.2) is 78.8 Å². The molecule has 0 amide bonds. The SMILES string of the molecule is C=C[Si](C)(C)O[Si](C)(C=C)C=C1N(Cc2ccccc2)C=CN1C(C)(C)C. The molecule has 0 saturated carbocycles. The van der Waals surface area contributed by atoms with E-state index < -0.39 is 16.6 Å². The van der Waals surface area contributed by atoms with Gasteiger partial charge in [-0.1, -0.05) is 41.7 Å². The van der Waals surface area contributed by atoms with Crippen molar-refractivity contribution in [3.63, 3.8) is 0 Å². The van der Waals surface area contributed by atoms with Crippen LogP contribution < -0.4 is 0 Å². The van der Waals surface area contributed by atoms with Gasteiger partial charge in [0.15, 0.2) is 8.32 Å². The molecule has 1 aliphatic rings. The third kappa shape index (κ3) is 5.57. The Kier molecular flexibility index (Phi) is 6.40. The highest BCUT2D eigenvalue weighted by atomic mass is 28.4. The van der Waals surface area contributed by atoms with Crippen LogP contribution in [0, 0.1) is 0 Å². The van der Waals surface area contributed by atoms with Gasteiger partial charge in [0.05, 0.1) is 0 Å². The van der Waals surface area contributed by atoms with E-state index in [0.717, 1.165) is 6.54 Å². The second kappa shape index (κ2) is 8.04. The molecule has 1 aromatic rings. The van der Waals surface area contributed by atoms with Crippen molar-refractivity contribution in [2.75, 3.05) is 0 Å². The Labute approximate surface area is 167 Å². The van der Waals surface area contributed by atoms with Gasteiger partial charge < -0.3 is 13.9 Å². The maximum Gasteiger partial charge on any atom is 0.230 e. The van der Waals surface area contributed by atoms with E-state index in [-0.39, 0.29) is 5.54 Å². The van der Waals surface area contributed by atoms with Crippen molar-refractivity contribution in [1.82, 2.24) is 9.80 Å². The third-order valence-corrected chi connectivity index (χ3v) is 11.1. The fourth-order valence-corrected chi connectivity index (χ4v) is 9.44. The molecule has 1 unspecified atom stereocenters. The number of rotatable bonds is 7. The molecule has 1 heterocycles. The second-order valence-corrected chi connectivity index (χ2v) is 16.2. The summed E-state index contributed by atoms with van der Waals surface area (Å²) in [5.41, 5.74) is 7.61. The molecule has 146 valence electrons. The number of nitrogens with zero attached hydrogens (tertiary/aromatic N) is 2. The van der Waals surface area contributed by atoms with Crippen LogP contribution >= 0.6 is 0 Å². The molecule has 3 nitrogen and oxygen atoms in total. The highest BCUT2D eigenvalue weighted by Crippen LogP contribution is 2.32. The minimum Gasteiger partial charge on any atom is -0.446 e. The molecule has 0 aromatic heterocycles.